The van der Waals surface area contributed by atoms with Gasteiger partial charge in [0.15, 0.2) is 5.82 Å². The summed E-state index contributed by atoms with van der Waals surface area (Å²) in [5.74, 6) is 0.467. The molecule has 7 nitrogen and oxygen atoms in total. The van der Waals surface area contributed by atoms with E-state index < -0.39 is 0 Å². The van der Waals surface area contributed by atoms with Crippen LogP contribution in [0.4, 0.5) is 5.82 Å². The van der Waals surface area contributed by atoms with Crippen molar-refractivity contribution in [2.24, 2.45) is 0 Å². The molecule has 0 unspecified atom stereocenters. The van der Waals surface area contributed by atoms with E-state index in [0.29, 0.717) is 22.1 Å². The number of fused-ring (bicyclic) bond motifs is 2. The Hall–Kier alpha value is -2.84. The Morgan fingerprint density at radius 1 is 1.19 bits per heavy atom. The smallest absolute Gasteiger partial charge is 0.273 e. The summed E-state index contributed by atoms with van der Waals surface area (Å²) in [6, 6.07) is 7.76. The maximum Gasteiger partial charge on any atom is 0.273 e. The summed E-state index contributed by atoms with van der Waals surface area (Å²) in [5.41, 5.74) is 9.35. The molecule has 9 heteroatoms. The number of halogens is 1. The van der Waals surface area contributed by atoms with Crippen molar-refractivity contribution in [3.8, 4) is 0 Å². The molecule has 1 aliphatic rings. The number of aromatic nitrogens is 4. The number of aryl methyl sites for hydroxylation is 1. The van der Waals surface area contributed by atoms with Crippen LogP contribution in [0.15, 0.2) is 36.1 Å². The first-order chi connectivity index (χ1) is 15.1. The molecule has 1 aliphatic heterocycles. The summed E-state index contributed by atoms with van der Waals surface area (Å²) >= 11 is 7.79. The standard InChI is InChI=1S/C17H19ClN2O.C5H4N4S/c1-2-13-11-12-7-6-8-14(18)15(12)16(19-13)17(21)20-9-4-3-5-10-20;6-4-3-5(8-1-7-4)10-2-9-3/h6-8,11H,2-5,9-10H2,1H3;1-2H,(H2,6,7,8). The van der Waals surface area contributed by atoms with Gasteiger partial charge in [-0.05, 0) is 43.2 Å². The Kier molecular flexibility index (Phi) is 6.58. The predicted molar refractivity (Wildman–Crippen MR) is 126 cm³/mol. The number of thiazole rings is 1. The zero-order chi connectivity index (χ0) is 21.8. The molecule has 3 aromatic heterocycles. The lowest BCUT2D eigenvalue weighted by Crippen LogP contribution is -2.36. The van der Waals surface area contributed by atoms with Gasteiger partial charge in [-0.15, -0.1) is 11.3 Å². The molecule has 1 amide bonds. The first kappa shape index (κ1) is 21.4. The third kappa shape index (κ3) is 4.60. The third-order valence-corrected chi connectivity index (χ3v) is 6.28. The number of benzene rings is 1. The van der Waals surface area contributed by atoms with Gasteiger partial charge in [-0.3, -0.25) is 4.79 Å². The highest BCUT2D eigenvalue weighted by molar-refractivity contribution is 7.16. The molecule has 1 fully saturated rings. The van der Waals surface area contributed by atoms with Gasteiger partial charge in [0, 0.05) is 24.2 Å². The lowest BCUT2D eigenvalue weighted by Gasteiger charge is -2.27. The lowest BCUT2D eigenvalue weighted by atomic mass is 10.1. The van der Waals surface area contributed by atoms with Crippen LogP contribution in [0.25, 0.3) is 21.1 Å². The Bertz CT molecular complexity index is 1220. The second-order valence-electron chi connectivity index (χ2n) is 7.27. The average Bonchev–Trinajstić information content (AvgIpc) is 3.29. The number of rotatable bonds is 2. The van der Waals surface area contributed by atoms with Crippen molar-refractivity contribution in [3.63, 3.8) is 0 Å². The number of carbonyl (C=O) groups is 1. The quantitative estimate of drug-likeness (QED) is 0.469. The van der Waals surface area contributed by atoms with Crippen LogP contribution in [0.5, 0.6) is 0 Å². The Morgan fingerprint density at radius 3 is 2.74 bits per heavy atom. The number of hydrogen-bond acceptors (Lipinski definition) is 7. The zero-order valence-electron chi connectivity index (χ0n) is 17.2. The fourth-order valence-corrected chi connectivity index (χ4v) is 4.52. The lowest BCUT2D eigenvalue weighted by molar-refractivity contribution is 0.0720. The summed E-state index contributed by atoms with van der Waals surface area (Å²) in [5, 5.41) is 2.38. The summed E-state index contributed by atoms with van der Waals surface area (Å²) in [7, 11) is 0. The topological polar surface area (TPSA) is 97.9 Å². The molecule has 0 radical (unpaired) electrons. The number of piperidine rings is 1. The number of nitrogens with zero attached hydrogens (tertiary/aromatic N) is 5. The highest BCUT2D eigenvalue weighted by Gasteiger charge is 2.23. The molecule has 0 saturated carbocycles. The van der Waals surface area contributed by atoms with Crippen molar-refractivity contribution >= 4 is 55.8 Å². The van der Waals surface area contributed by atoms with Gasteiger partial charge in [-0.2, -0.15) is 0 Å². The molecule has 0 bridgehead atoms. The van der Waals surface area contributed by atoms with E-state index in [1.54, 1.807) is 5.51 Å². The number of anilines is 1. The molecule has 4 heterocycles. The number of carbonyl (C=O) groups excluding carboxylic acids is 1. The molecule has 0 aliphatic carbocycles. The van der Waals surface area contributed by atoms with Crippen LogP contribution in [0.1, 0.15) is 42.4 Å². The van der Waals surface area contributed by atoms with Gasteiger partial charge < -0.3 is 10.6 Å². The first-order valence-corrected chi connectivity index (χ1v) is 11.5. The third-order valence-electron chi connectivity index (χ3n) is 5.23. The van der Waals surface area contributed by atoms with Crippen LogP contribution in [0.2, 0.25) is 5.02 Å². The highest BCUT2D eigenvalue weighted by Crippen LogP contribution is 2.28. The van der Waals surface area contributed by atoms with Crippen LogP contribution in [-0.4, -0.2) is 43.8 Å². The van der Waals surface area contributed by atoms with Crippen LogP contribution in [0.3, 0.4) is 0 Å². The van der Waals surface area contributed by atoms with E-state index in [1.807, 2.05) is 36.1 Å². The fraction of sp³-hybridized carbons (Fsp3) is 0.318. The average molecular weight is 455 g/mol. The number of nitrogens with two attached hydrogens (primary N) is 1. The molecule has 5 rings (SSSR count). The van der Waals surface area contributed by atoms with Crippen molar-refractivity contribution in [2.45, 2.75) is 32.6 Å². The molecule has 2 N–H and O–H groups in total. The number of hydrogen-bond donors (Lipinski definition) is 1. The van der Waals surface area contributed by atoms with Gasteiger partial charge in [-0.25, -0.2) is 19.9 Å². The van der Waals surface area contributed by atoms with E-state index in [2.05, 4.69) is 19.9 Å². The molecular weight excluding hydrogens is 432 g/mol. The Morgan fingerprint density at radius 2 is 2.00 bits per heavy atom. The van der Waals surface area contributed by atoms with Crippen molar-refractivity contribution in [1.29, 1.82) is 0 Å². The number of nitrogen functional groups attached to an aromatic ring is 1. The molecule has 160 valence electrons. The fourth-order valence-electron chi connectivity index (χ4n) is 3.62. The van der Waals surface area contributed by atoms with Crippen LogP contribution >= 0.6 is 22.9 Å². The second-order valence-corrected chi connectivity index (χ2v) is 8.51. The zero-order valence-corrected chi connectivity index (χ0v) is 18.8. The maximum absolute atomic E-state index is 12.8. The van der Waals surface area contributed by atoms with Crippen molar-refractivity contribution in [2.75, 3.05) is 18.8 Å². The van der Waals surface area contributed by atoms with E-state index in [1.165, 1.54) is 24.1 Å². The second kappa shape index (κ2) is 9.53. The number of likely N-dealkylation sites (tertiary alicyclic amines) is 1. The largest absolute Gasteiger partial charge is 0.382 e. The maximum atomic E-state index is 12.8. The van der Waals surface area contributed by atoms with Crippen LogP contribution in [-0.2, 0) is 6.42 Å². The molecule has 31 heavy (non-hydrogen) atoms. The monoisotopic (exact) mass is 454 g/mol. The Balaban J connectivity index is 0.000000192. The van der Waals surface area contributed by atoms with E-state index in [4.69, 9.17) is 17.3 Å². The molecular formula is C22H23ClN6OS. The van der Waals surface area contributed by atoms with Gasteiger partial charge in [0.05, 0.1) is 10.5 Å². The van der Waals surface area contributed by atoms with Crippen molar-refractivity contribution in [1.82, 2.24) is 24.8 Å². The van der Waals surface area contributed by atoms with Crippen molar-refractivity contribution in [3.05, 3.63) is 52.5 Å². The van der Waals surface area contributed by atoms with Crippen molar-refractivity contribution < 1.29 is 4.79 Å². The summed E-state index contributed by atoms with van der Waals surface area (Å²) < 4.78 is 0. The van der Waals surface area contributed by atoms with Crippen LogP contribution < -0.4 is 5.73 Å². The highest BCUT2D eigenvalue weighted by atomic mass is 35.5. The minimum absolute atomic E-state index is 0.0168. The van der Waals surface area contributed by atoms with Gasteiger partial charge in [-0.1, -0.05) is 30.7 Å². The summed E-state index contributed by atoms with van der Waals surface area (Å²) in [4.78, 5) is 31.9. The molecule has 1 saturated heterocycles. The van der Waals surface area contributed by atoms with E-state index >= 15 is 0 Å². The van der Waals surface area contributed by atoms with Gasteiger partial charge in [0.1, 0.15) is 22.4 Å². The number of pyridine rings is 1. The molecule has 0 atom stereocenters. The van der Waals surface area contributed by atoms with E-state index in [-0.39, 0.29) is 5.91 Å². The van der Waals surface area contributed by atoms with E-state index in [0.717, 1.165) is 53.6 Å². The van der Waals surface area contributed by atoms with E-state index in [9.17, 15) is 4.79 Å². The van der Waals surface area contributed by atoms with Gasteiger partial charge >= 0.3 is 0 Å². The number of amides is 1. The molecule has 0 spiro atoms. The normalized spacial score (nSPS) is 13.8. The van der Waals surface area contributed by atoms with Gasteiger partial charge in [0.25, 0.3) is 5.91 Å². The Labute approximate surface area is 189 Å². The SMILES string of the molecule is CCc1cc2cccc(Cl)c2c(C(=O)N2CCCCC2)n1.Nc1ncnc2scnc12. The van der Waals surface area contributed by atoms with Crippen LogP contribution in [0, 0.1) is 0 Å². The predicted octanol–water partition coefficient (Wildman–Crippen LogP) is 4.75. The van der Waals surface area contributed by atoms with Gasteiger partial charge in [0.2, 0.25) is 0 Å². The summed E-state index contributed by atoms with van der Waals surface area (Å²) in [6.07, 6.45) is 5.60. The summed E-state index contributed by atoms with van der Waals surface area (Å²) in [6.45, 7) is 3.69. The minimum atomic E-state index is 0.0168. The molecule has 4 aromatic rings. The molecule has 1 aromatic carbocycles. The minimum Gasteiger partial charge on any atom is -0.382 e. The first-order valence-electron chi connectivity index (χ1n) is 10.3.